The highest BCUT2D eigenvalue weighted by Crippen LogP contribution is 2.31. The zero-order valence-corrected chi connectivity index (χ0v) is 17.4. The van der Waals surface area contributed by atoms with Gasteiger partial charge in [0.15, 0.2) is 11.6 Å². The highest BCUT2D eigenvalue weighted by atomic mass is 16.5. The quantitative estimate of drug-likeness (QED) is 0.423. The van der Waals surface area contributed by atoms with Gasteiger partial charge in [-0.2, -0.15) is 0 Å². The van der Waals surface area contributed by atoms with E-state index in [0.717, 1.165) is 6.42 Å². The van der Waals surface area contributed by atoms with Crippen molar-refractivity contribution in [1.82, 2.24) is 15.0 Å². The van der Waals surface area contributed by atoms with Gasteiger partial charge in [-0.1, -0.05) is 13.8 Å². The van der Waals surface area contributed by atoms with Crippen molar-refractivity contribution in [3.05, 3.63) is 48.8 Å². The van der Waals surface area contributed by atoms with E-state index in [2.05, 4.69) is 15.0 Å². The fourth-order valence-corrected chi connectivity index (χ4v) is 2.77. The summed E-state index contributed by atoms with van der Waals surface area (Å²) >= 11 is 0. The third-order valence-electron chi connectivity index (χ3n) is 4.27. The number of ether oxygens (including phenoxy) is 2. The Morgan fingerprint density at radius 2 is 1.42 bits per heavy atom. The summed E-state index contributed by atoms with van der Waals surface area (Å²) in [6, 6.07) is 11.3. The van der Waals surface area contributed by atoms with Gasteiger partial charge in [0.05, 0.1) is 5.56 Å². The minimum atomic E-state index is -0.360. The molecule has 160 valence electrons. The lowest BCUT2D eigenvalue weighted by molar-refractivity contribution is -0.135. The molecule has 0 aliphatic carbocycles. The molecule has 31 heavy (non-hydrogen) atoms. The minimum Gasteiger partial charge on any atom is -0.507 e. The van der Waals surface area contributed by atoms with E-state index in [-0.39, 0.29) is 29.3 Å². The Balaban J connectivity index is 1.78. The number of phenols is 1. The van der Waals surface area contributed by atoms with Gasteiger partial charge in [-0.25, -0.2) is 15.0 Å². The molecule has 0 radical (unpaired) electrons. The Hall–Kier alpha value is -3.81. The van der Waals surface area contributed by atoms with E-state index in [1.165, 1.54) is 12.4 Å². The monoisotopic (exact) mass is 421 g/mol. The number of rotatable bonds is 8. The maximum Gasteiger partial charge on any atom is 0.311 e. The molecule has 1 N–H and O–H groups in total. The molecule has 1 aromatic heterocycles. The summed E-state index contributed by atoms with van der Waals surface area (Å²) in [6.45, 7) is 3.79. The third-order valence-corrected chi connectivity index (χ3v) is 4.27. The minimum absolute atomic E-state index is 0.114. The molecule has 0 fully saturated rings. The molecule has 0 aliphatic heterocycles. The molecule has 0 bridgehead atoms. The molecule has 0 aliphatic rings. The van der Waals surface area contributed by atoms with Crippen LogP contribution in [0, 0.1) is 0 Å². The fraction of sp³-hybridized carbons (Fsp3) is 0.261. The molecular formula is C23H23N3O5. The second-order valence-electron chi connectivity index (χ2n) is 6.78. The summed E-state index contributed by atoms with van der Waals surface area (Å²) in [5.41, 5.74) is 1.08. The molecule has 3 aromatic rings. The first kappa shape index (κ1) is 21.9. The maximum absolute atomic E-state index is 11.6. The van der Waals surface area contributed by atoms with Crippen LogP contribution >= 0.6 is 0 Å². The fourth-order valence-electron chi connectivity index (χ4n) is 2.77. The van der Waals surface area contributed by atoms with E-state index >= 15 is 0 Å². The Bertz CT molecular complexity index is 1070. The van der Waals surface area contributed by atoms with E-state index in [9.17, 15) is 14.7 Å². The van der Waals surface area contributed by atoms with E-state index in [1.807, 2.05) is 13.8 Å². The number of carbonyl (C=O) groups is 2. The lowest BCUT2D eigenvalue weighted by atomic mass is 10.1. The predicted molar refractivity (Wildman–Crippen MR) is 113 cm³/mol. The van der Waals surface area contributed by atoms with E-state index in [1.54, 1.807) is 36.4 Å². The largest absolute Gasteiger partial charge is 0.507 e. The van der Waals surface area contributed by atoms with Crippen LogP contribution in [0.15, 0.2) is 48.8 Å². The lowest BCUT2D eigenvalue weighted by Crippen LogP contribution is -2.06. The summed E-state index contributed by atoms with van der Waals surface area (Å²) in [4.78, 5) is 36.0. The second kappa shape index (κ2) is 10.3. The van der Waals surface area contributed by atoms with Gasteiger partial charge in [0.25, 0.3) is 0 Å². The van der Waals surface area contributed by atoms with Crippen molar-refractivity contribution in [3.63, 3.8) is 0 Å². The number of phenolic OH excluding ortho intramolecular Hbond substituents is 1. The van der Waals surface area contributed by atoms with Crippen molar-refractivity contribution in [2.24, 2.45) is 0 Å². The first-order chi connectivity index (χ1) is 15.0. The summed E-state index contributed by atoms with van der Waals surface area (Å²) in [5, 5.41) is 10.4. The van der Waals surface area contributed by atoms with Gasteiger partial charge < -0.3 is 14.6 Å². The molecule has 0 unspecified atom stereocenters. The number of hydrogen-bond donors (Lipinski definition) is 1. The number of nitrogens with zero attached hydrogens (tertiary/aromatic N) is 3. The van der Waals surface area contributed by atoms with Crippen LogP contribution in [-0.2, 0) is 9.59 Å². The van der Waals surface area contributed by atoms with Crippen LogP contribution in [0.3, 0.4) is 0 Å². The van der Waals surface area contributed by atoms with Crippen molar-refractivity contribution < 1.29 is 24.2 Å². The number of benzene rings is 2. The smallest absolute Gasteiger partial charge is 0.311 e. The third kappa shape index (κ3) is 5.85. The standard InChI is InChI=1S/C23H23N3O5/c1-3-5-20(28)30-16-9-7-15(8-10-16)22-24-14-25-23(26-22)18-12-11-17(13-19(18)27)31-21(29)6-4-2/h7-14,27H,3-6H2,1-2H3. The van der Waals surface area contributed by atoms with Gasteiger partial charge in [-0.05, 0) is 49.2 Å². The van der Waals surface area contributed by atoms with Crippen LogP contribution in [0.4, 0.5) is 0 Å². The lowest BCUT2D eigenvalue weighted by Gasteiger charge is -2.08. The average molecular weight is 421 g/mol. The topological polar surface area (TPSA) is 112 Å². The van der Waals surface area contributed by atoms with Gasteiger partial charge in [-0.15, -0.1) is 0 Å². The maximum atomic E-state index is 11.6. The Labute approximate surface area is 179 Å². The zero-order valence-electron chi connectivity index (χ0n) is 17.4. The van der Waals surface area contributed by atoms with Crippen LogP contribution in [0.5, 0.6) is 17.2 Å². The average Bonchev–Trinajstić information content (AvgIpc) is 2.75. The van der Waals surface area contributed by atoms with E-state index in [4.69, 9.17) is 9.47 Å². The van der Waals surface area contributed by atoms with Gasteiger partial charge in [0.2, 0.25) is 0 Å². The molecule has 8 nitrogen and oxygen atoms in total. The van der Waals surface area contributed by atoms with E-state index in [0.29, 0.717) is 42.0 Å². The summed E-state index contributed by atoms with van der Waals surface area (Å²) < 4.78 is 10.4. The SMILES string of the molecule is CCCC(=O)Oc1ccc(-c2ncnc(-c3ccc(OC(=O)CCC)cc3O)n2)cc1. The van der Waals surface area contributed by atoms with Gasteiger partial charge in [-0.3, -0.25) is 9.59 Å². The molecule has 1 heterocycles. The summed E-state index contributed by atoms with van der Waals surface area (Å²) in [6.07, 6.45) is 3.41. The normalized spacial score (nSPS) is 10.5. The molecule has 0 amide bonds. The van der Waals surface area contributed by atoms with Crippen molar-refractivity contribution in [1.29, 1.82) is 0 Å². The molecule has 3 rings (SSSR count). The number of carbonyl (C=O) groups excluding carboxylic acids is 2. The second-order valence-corrected chi connectivity index (χ2v) is 6.78. The summed E-state index contributed by atoms with van der Waals surface area (Å²) in [5.74, 6) is 0.612. The van der Waals surface area contributed by atoms with Crippen molar-refractivity contribution in [2.45, 2.75) is 39.5 Å². The Morgan fingerprint density at radius 3 is 2.03 bits per heavy atom. The zero-order chi connectivity index (χ0) is 22.2. The molecule has 0 saturated heterocycles. The van der Waals surface area contributed by atoms with Crippen LogP contribution in [-0.4, -0.2) is 32.0 Å². The van der Waals surface area contributed by atoms with Crippen LogP contribution < -0.4 is 9.47 Å². The van der Waals surface area contributed by atoms with E-state index < -0.39 is 0 Å². The van der Waals surface area contributed by atoms with Crippen molar-refractivity contribution >= 4 is 11.9 Å². The van der Waals surface area contributed by atoms with Crippen LogP contribution in [0.2, 0.25) is 0 Å². The Morgan fingerprint density at radius 1 is 0.839 bits per heavy atom. The Kier molecular flexibility index (Phi) is 7.26. The van der Waals surface area contributed by atoms with Crippen LogP contribution in [0.25, 0.3) is 22.8 Å². The highest BCUT2D eigenvalue weighted by molar-refractivity contribution is 5.74. The van der Waals surface area contributed by atoms with Crippen LogP contribution in [0.1, 0.15) is 39.5 Å². The van der Waals surface area contributed by atoms with Gasteiger partial charge in [0.1, 0.15) is 23.6 Å². The molecule has 0 saturated carbocycles. The molecule has 2 aromatic carbocycles. The van der Waals surface area contributed by atoms with Gasteiger partial charge >= 0.3 is 11.9 Å². The molecule has 0 atom stereocenters. The number of aromatic hydroxyl groups is 1. The summed E-state index contributed by atoms with van der Waals surface area (Å²) in [7, 11) is 0. The first-order valence-corrected chi connectivity index (χ1v) is 10.0. The van der Waals surface area contributed by atoms with Crippen molar-refractivity contribution in [2.75, 3.05) is 0 Å². The highest BCUT2D eigenvalue weighted by Gasteiger charge is 2.13. The molecular weight excluding hydrogens is 398 g/mol. The van der Waals surface area contributed by atoms with Crippen molar-refractivity contribution in [3.8, 4) is 40.0 Å². The molecule has 8 heteroatoms. The van der Waals surface area contributed by atoms with Gasteiger partial charge in [0, 0.05) is 24.5 Å². The molecule has 0 spiro atoms. The number of hydrogen-bond acceptors (Lipinski definition) is 8. The first-order valence-electron chi connectivity index (χ1n) is 10.0. The number of aromatic nitrogens is 3. The number of esters is 2. The predicted octanol–water partition coefficient (Wildman–Crippen LogP) is 4.32.